The number of benzene rings is 1. The highest BCUT2D eigenvalue weighted by Gasteiger charge is 2.06. The highest BCUT2D eigenvalue weighted by molar-refractivity contribution is 9.10. The maximum atomic E-state index is 13.1. The van der Waals surface area contributed by atoms with Crippen LogP contribution in [0.25, 0.3) is 0 Å². The summed E-state index contributed by atoms with van der Waals surface area (Å²) in [5.41, 5.74) is 1.59. The van der Waals surface area contributed by atoms with Gasteiger partial charge < -0.3 is 4.74 Å². The van der Waals surface area contributed by atoms with Crippen LogP contribution in [0.1, 0.15) is 11.1 Å². The molecule has 0 bridgehead atoms. The summed E-state index contributed by atoms with van der Waals surface area (Å²) in [6.45, 7) is 3.64. The average Bonchev–Trinajstić information content (AvgIpc) is 2.27. The predicted octanol–water partition coefficient (Wildman–Crippen LogP) is 4.39. The van der Waals surface area contributed by atoms with Gasteiger partial charge >= 0.3 is 0 Å². The van der Waals surface area contributed by atoms with Crippen molar-refractivity contribution in [2.24, 2.45) is 0 Å². The monoisotopic (exact) mass is 295 g/mol. The summed E-state index contributed by atoms with van der Waals surface area (Å²) in [4.78, 5) is 4.16. The van der Waals surface area contributed by atoms with Gasteiger partial charge in [-0.05, 0) is 65.2 Å². The van der Waals surface area contributed by atoms with Crippen molar-refractivity contribution in [2.75, 3.05) is 0 Å². The minimum absolute atomic E-state index is 0.242. The van der Waals surface area contributed by atoms with Gasteiger partial charge in [0.1, 0.15) is 11.6 Å². The van der Waals surface area contributed by atoms with E-state index < -0.39 is 0 Å². The van der Waals surface area contributed by atoms with Crippen LogP contribution < -0.4 is 4.74 Å². The largest absolute Gasteiger partial charge is 0.438 e. The van der Waals surface area contributed by atoms with E-state index in [9.17, 15) is 4.39 Å². The van der Waals surface area contributed by atoms with Crippen molar-refractivity contribution in [3.8, 4) is 11.6 Å². The molecule has 0 N–H and O–H groups in total. The Labute approximate surface area is 108 Å². The third kappa shape index (κ3) is 2.82. The zero-order valence-corrected chi connectivity index (χ0v) is 11.1. The molecule has 2 aromatic rings. The van der Waals surface area contributed by atoms with Crippen molar-refractivity contribution in [1.29, 1.82) is 0 Å². The second-order valence-corrected chi connectivity index (χ2v) is 4.67. The molecule has 17 heavy (non-hydrogen) atoms. The Morgan fingerprint density at radius 3 is 2.65 bits per heavy atom. The van der Waals surface area contributed by atoms with Crippen molar-refractivity contribution in [1.82, 2.24) is 4.98 Å². The van der Waals surface area contributed by atoms with Crippen molar-refractivity contribution in [2.45, 2.75) is 13.8 Å². The van der Waals surface area contributed by atoms with Crippen LogP contribution in [0.5, 0.6) is 11.6 Å². The van der Waals surface area contributed by atoms with E-state index in [1.165, 1.54) is 6.07 Å². The summed E-state index contributed by atoms with van der Waals surface area (Å²) < 4.78 is 19.4. The second kappa shape index (κ2) is 4.84. The second-order valence-electron chi connectivity index (χ2n) is 3.81. The van der Waals surface area contributed by atoms with E-state index in [1.54, 1.807) is 25.3 Å². The molecule has 0 spiro atoms. The minimum Gasteiger partial charge on any atom is -0.438 e. The van der Waals surface area contributed by atoms with E-state index in [4.69, 9.17) is 4.74 Å². The number of pyridine rings is 1. The van der Waals surface area contributed by atoms with Gasteiger partial charge in [0.2, 0.25) is 5.88 Å². The van der Waals surface area contributed by atoms with E-state index >= 15 is 0 Å². The number of hydrogen-bond acceptors (Lipinski definition) is 2. The van der Waals surface area contributed by atoms with Crippen LogP contribution in [0.15, 0.2) is 34.9 Å². The molecule has 1 aromatic heterocycles. The molecule has 0 aliphatic rings. The molecule has 0 fully saturated rings. The fraction of sp³-hybridized carbons (Fsp3) is 0.154. The number of hydrogen-bond donors (Lipinski definition) is 0. The molecule has 1 aromatic carbocycles. The molecule has 0 unspecified atom stereocenters. The van der Waals surface area contributed by atoms with E-state index in [0.29, 0.717) is 17.2 Å². The number of halogens is 2. The molecule has 0 atom stereocenters. The first-order valence-electron chi connectivity index (χ1n) is 5.12. The normalized spacial score (nSPS) is 10.4. The summed E-state index contributed by atoms with van der Waals surface area (Å²) >= 11 is 3.38. The Bertz CT molecular complexity index is 557. The number of aromatic nitrogens is 1. The molecule has 0 amide bonds. The zero-order valence-electron chi connectivity index (χ0n) is 9.50. The third-order valence-electron chi connectivity index (χ3n) is 2.29. The molecule has 0 aliphatic carbocycles. The Hall–Kier alpha value is -1.42. The van der Waals surface area contributed by atoms with E-state index in [-0.39, 0.29) is 5.82 Å². The highest BCUT2D eigenvalue weighted by Crippen LogP contribution is 2.28. The van der Waals surface area contributed by atoms with Crippen LogP contribution in [-0.4, -0.2) is 4.98 Å². The number of rotatable bonds is 2. The van der Waals surface area contributed by atoms with Gasteiger partial charge in [-0.2, -0.15) is 0 Å². The minimum atomic E-state index is -0.242. The quantitative estimate of drug-likeness (QED) is 0.820. The lowest BCUT2D eigenvalue weighted by molar-refractivity contribution is 0.457. The fourth-order valence-electron chi connectivity index (χ4n) is 1.39. The lowest BCUT2D eigenvalue weighted by atomic mass is 10.2. The van der Waals surface area contributed by atoms with Crippen molar-refractivity contribution in [3.05, 3.63) is 51.9 Å². The third-order valence-corrected chi connectivity index (χ3v) is 2.86. The van der Waals surface area contributed by atoms with Gasteiger partial charge in [0.15, 0.2) is 0 Å². The van der Waals surface area contributed by atoms with Gasteiger partial charge in [-0.1, -0.05) is 0 Å². The molecule has 88 valence electrons. The van der Waals surface area contributed by atoms with Crippen LogP contribution >= 0.6 is 15.9 Å². The molecular weight excluding hydrogens is 285 g/mol. The molecule has 0 radical (unpaired) electrons. The smallest absolute Gasteiger partial charge is 0.233 e. The molecule has 2 nitrogen and oxygen atoms in total. The van der Waals surface area contributed by atoms with Crippen LogP contribution in [0, 0.1) is 19.7 Å². The number of aryl methyl sites for hydroxylation is 2. The Morgan fingerprint density at radius 2 is 2.00 bits per heavy atom. The van der Waals surface area contributed by atoms with Gasteiger partial charge in [-0.25, -0.2) is 9.37 Å². The summed E-state index contributed by atoms with van der Waals surface area (Å²) in [5, 5.41) is 0. The molecule has 0 aliphatic heterocycles. The van der Waals surface area contributed by atoms with Crippen LogP contribution in [0.3, 0.4) is 0 Å². The first kappa shape index (κ1) is 12.0. The van der Waals surface area contributed by atoms with Gasteiger partial charge in [0.05, 0.1) is 4.47 Å². The van der Waals surface area contributed by atoms with Crippen molar-refractivity contribution < 1.29 is 9.13 Å². The summed E-state index contributed by atoms with van der Waals surface area (Å²) in [6, 6.07) is 6.52. The number of nitrogens with zero attached hydrogens (tertiary/aromatic N) is 1. The van der Waals surface area contributed by atoms with Crippen LogP contribution in [0.2, 0.25) is 0 Å². The lowest BCUT2D eigenvalue weighted by Gasteiger charge is -2.08. The van der Waals surface area contributed by atoms with Gasteiger partial charge in [-0.15, -0.1) is 0 Å². The molecule has 4 heteroatoms. The Kier molecular flexibility index (Phi) is 3.43. The topological polar surface area (TPSA) is 22.1 Å². The lowest BCUT2D eigenvalue weighted by Crippen LogP contribution is -1.91. The molecular formula is C13H11BrFNO. The van der Waals surface area contributed by atoms with Gasteiger partial charge in [-0.3, -0.25) is 0 Å². The van der Waals surface area contributed by atoms with Gasteiger partial charge in [0.25, 0.3) is 0 Å². The summed E-state index contributed by atoms with van der Waals surface area (Å²) in [7, 11) is 0. The Morgan fingerprint density at radius 1 is 1.24 bits per heavy atom. The van der Waals surface area contributed by atoms with Crippen molar-refractivity contribution >= 4 is 15.9 Å². The summed E-state index contributed by atoms with van der Waals surface area (Å²) in [5.74, 6) is 0.802. The summed E-state index contributed by atoms with van der Waals surface area (Å²) in [6.07, 6.45) is 1.72. The van der Waals surface area contributed by atoms with E-state index in [1.807, 2.05) is 13.0 Å². The average molecular weight is 296 g/mol. The molecule has 0 saturated carbocycles. The van der Waals surface area contributed by atoms with E-state index in [0.717, 1.165) is 10.0 Å². The van der Waals surface area contributed by atoms with Crippen molar-refractivity contribution in [3.63, 3.8) is 0 Å². The molecule has 0 saturated heterocycles. The van der Waals surface area contributed by atoms with Gasteiger partial charge in [0, 0.05) is 6.20 Å². The van der Waals surface area contributed by atoms with E-state index in [2.05, 4.69) is 20.9 Å². The maximum absolute atomic E-state index is 13.1. The highest BCUT2D eigenvalue weighted by atomic mass is 79.9. The zero-order chi connectivity index (χ0) is 12.4. The predicted molar refractivity (Wildman–Crippen MR) is 67.9 cm³/mol. The van der Waals surface area contributed by atoms with Crippen LogP contribution in [0.4, 0.5) is 4.39 Å². The maximum Gasteiger partial charge on any atom is 0.233 e. The Balaban J connectivity index is 2.28. The van der Waals surface area contributed by atoms with Crippen LogP contribution in [-0.2, 0) is 0 Å². The molecule has 1 heterocycles. The standard InChI is InChI=1S/C13H11BrFNO/c1-8-5-11(14)13(16-7-8)17-10-3-4-12(15)9(2)6-10/h3-7H,1-2H3. The first-order chi connectivity index (χ1) is 8.06. The number of ether oxygens (including phenoxy) is 1. The fourth-order valence-corrected chi connectivity index (χ4v) is 1.93. The molecule has 2 rings (SSSR count). The first-order valence-corrected chi connectivity index (χ1v) is 5.92. The SMILES string of the molecule is Cc1cnc(Oc2ccc(F)c(C)c2)c(Br)c1.